The fourth-order valence-corrected chi connectivity index (χ4v) is 6.67. The molecule has 0 N–H and O–H groups in total. The molecule has 0 aromatic carbocycles. The second kappa shape index (κ2) is 13.2. The molecule has 1 nitrogen and oxygen atoms in total. The normalized spacial score (nSPS) is 36.0. The van der Waals surface area contributed by atoms with E-state index in [9.17, 15) is 0 Å². The van der Waals surface area contributed by atoms with Crippen molar-refractivity contribution in [3.8, 4) is 0 Å². The van der Waals surface area contributed by atoms with Gasteiger partial charge in [0.1, 0.15) is 0 Å². The van der Waals surface area contributed by atoms with E-state index < -0.39 is 0 Å². The van der Waals surface area contributed by atoms with Gasteiger partial charge >= 0.3 is 0 Å². The van der Waals surface area contributed by atoms with Crippen LogP contribution in [0.3, 0.4) is 0 Å². The SMILES string of the molecule is C=CCCC1CCC(C2CCC(COC3CCC(CCCCC)CC3)CC2)CC1. The topological polar surface area (TPSA) is 9.23 Å². The van der Waals surface area contributed by atoms with E-state index in [0.29, 0.717) is 6.10 Å². The zero-order valence-corrected chi connectivity index (χ0v) is 19.6. The van der Waals surface area contributed by atoms with Crippen LogP contribution in [0.15, 0.2) is 12.7 Å². The predicted octanol–water partition coefficient (Wildman–Crippen LogP) is 8.72. The Kier molecular flexibility index (Phi) is 10.6. The van der Waals surface area contributed by atoms with Crippen LogP contribution in [0.25, 0.3) is 0 Å². The molecule has 1 heteroatoms. The van der Waals surface area contributed by atoms with Crippen LogP contribution >= 0.6 is 0 Å². The maximum Gasteiger partial charge on any atom is 0.0575 e. The summed E-state index contributed by atoms with van der Waals surface area (Å²) in [4.78, 5) is 0. The molecule has 29 heavy (non-hydrogen) atoms. The van der Waals surface area contributed by atoms with Gasteiger partial charge in [-0.3, -0.25) is 0 Å². The van der Waals surface area contributed by atoms with Gasteiger partial charge in [-0.25, -0.2) is 0 Å². The molecule has 0 bridgehead atoms. The molecular weight excluding hydrogens is 352 g/mol. The molecular formula is C28H50O. The van der Waals surface area contributed by atoms with E-state index >= 15 is 0 Å². The van der Waals surface area contributed by atoms with Gasteiger partial charge in [-0.15, -0.1) is 6.58 Å². The third-order valence-electron chi connectivity index (χ3n) is 8.81. The first-order valence-corrected chi connectivity index (χ1v) is 13.5. The van der Waals surface area contributed by atoms with E-state index in [1.165, 1.54) is 116 Å². The van der Waals surface area contributed by atoms with E-state index in [2.05, 4.69) is 19.6 Å². The van der Waals surface area contributed by atoms with Crippen molar-refractivity contribution >= 4 is 0 Å². The molecule has 3 rings (SSSR count). The summed E-state index contributed by atoms with van der Waals surface area (Å²) < 4.78 is 6.42. The zero-order chi connectivity index (χ0) is 20.3. The van der Waals surface area contributed by atoms with Crippen LogP contribution in [-0.4, -0.2) is 12.7 Å². The fraction of sp³-hybridized carbons (Fsp3) is 0.929. The molecule has 3 aliphatic rings. The average Bonchev–Trinajstić information content (AvgIpc) is 2.78. The van der Waals surface area contributed by atoms with Gasteiger partial charge in [-0.2, -0.15) is 0 Å². The molecule has 0 atom stereocenters. The summed E-state index contributed by atoms with van der Waals surface area (Å²) in [6, 6.07) is 0. The van der Waals surface area contributed by atoms with Crippen molar-refractivity contribution in [2.75, 3.05) is 6.61 Å². The molecule has 0 aromatic heterocycles. The first kappa shape index (κ1) is 23.4. The van der Waals surface area contributed by atoms with Crippen molar-refractivity contribution < 1.29 is 4.74 Å². The molecule has 3 fully saturated rings. The van der Waals surface area contributed by atoms with Crippen LogP contribution in [0.1, 0.15) is 122 Å². The smallest absolute Gasteiger partial charge is 0.0575 e. The van der Waals surface area contributed by atoms with Crippen LogP contribution < -0.4 is 0 Å². The van der Waals surface area contributed by atoms with E-state index in [-0.39, 0.29) is 0 Å². The van der Waals surface area contributed by atoms with Crippen molar-refractivity contribution in [1.82, 2.24) is 0 Å². The van der Waals surface area contributed by atoms with Gasteiger partial charge in [0.15, 0.2) is 0 Å². The highest BCUT2D eigenvalue weighted by Gasteiger charge is 2.31. The molecule has 0 aliphatic heterocycles. The molecule has 0 spiro atoms. The molecule has 3 aliphatic carbocycles. The van der Waals surface area contributed by atoms with Crippen molar-refractivity contribution in [3.05, 3.63) is 12.7 Å². The number of rotatable bonds is 11. The van der Waals surface area contributed by atoms with Gasteiger partial charge < -0.3 is 4.74 Å². The molecule has 168 valence electrons. The monoisotopic (exact) mass is 402 g/mol. The third kappa shape index (κ3) is 8.04. The lowest BCUT2D eigenvalue weighted by molar-refractivity contribution is -0.0130. The van der Waals surface area contributed by atoms with Crippen LogP contribution in [0.2, 0.25) is 0 Å². The Hall–Kier alpha value is -0.300. The molecule has 0 radical (unpaired) electrons. The second-order valence-corrected chi connectivity index (χ2v) is 10.9. The zero-order valence-electron chi connectivity index (χ0n) is 19.6. The van der Waals surface area contributed by atoms with Crippen LogP contribution in [0.4, 0.5) is 0 Å². The summed E-state index contributed by atoms with van der Waals surface area (Å²) in [5.41, 5.74) is 0. The molecule has 0 saturated heterocycles. The van der Waals surface area contributed by atoms with Crippen molar-refractivity contribution in [1.29, 1.82) is 0 Å². The maximum atomic E-state index is 6.42. The Bertz CT molecular complexity index is 420. The van der Waals surface area contributed by atoms with Crippen LogP contribution in [0.5, 0.6) is 0 Å². The maximum absolute atomic E-state index is 6.42. The lowest BCUT2D eigenvalue weighted by atomic mass is 9.69. The Morgan fingerprint density at radius 2 is 1.24 bits per heavy atom. The number of unbranched alkanes of at least 4 members (excludes halogenated alkanes) is 2. The summed E-state index contributed by atoms with van der Waals surface area (Å²) in [5, 5.41) is 0. The van der Waals surface area contributed by atoms with Crippen LogP contribution in [-0.2, 0) is 4.74 Å². The highest BCUT2D eigenvalue weighted by Crippen LogP contribution is 2.42. The van der Waals surface area contributed by atoms with Crippen LogP contribution in [0, 0.1) is 29.6 Å². The minimum Gasteiger partial charge on any atom is -0.378 e. The molecule has 0 amide bonds. The van der Waals surface area contributed by atoms with Gasteiger partial charge in [0.2, 0.25) is 0 Å². The fourth-order valence-electron chi connectivity index (χ4n) is 6.67. The van der Waals surface area contributed by atoms with Crippen molar-refractivity contribution in [2.24, 2.45) is 29.6 Å². The lowest BCUT2D eigenvalue weighted by Crippen LogP contribution is -2.29. The summed E-state index contributed by atoms with van der Waals surface area (Å²) >= 11 is 0. The lowest BCUT2D eigenvalue weighted by Gasteiger charge is -2.38. The first-order chi connectivity index (χ1) is 14.3. The molecule has 0 aromatic rings. The van der Waals surface area contributed by atoms with E-state index in [1.54, 1.807) is 0 Å². The van der Waals surface area contributed by atoms with Crippen molar-refractivity contribution in [3.63, 3.8) is 0 Å². The van der Waals surface area contributed by atoms with E-state index in [0.717, 1.165) is 36.2 Å². The Morgan fingerprint density at radius 1 is 0.690 bits per heavy atom. The van der Waals surface area contributed by atoms with Gasteiger partial charge in [0.05, 0.1) is 6.10 Å². The minimum atomic E-state index is 0.584. The summed E-state index contributed by atoms with van der Waals surface area (Å²) in [6.45, 7) is 7.27. The Balaban J connectivity index is 1.24. The van der Waals surface area contributed by atoms with Gasteiger partial charge in [0.25, 0.3) is 0 Å². The van der Waals surface area contributed by atoms with E-state index in [1.807, 2.05) is 0 Å². The van der Waals surface area contributed by atoms with E-state index in [4.69, 9.17) is 4.74 Å². The second-order valence-electron chi connectivity index (χ2n) is 10.9. The highest BCUT2D eigenvalue weighted by atomic mass is 16.5. The summed E-state index contributed by atoms with van der Waals surface area (Å²) in [5.74, 6) is 4.93. The first-order valence-electron chi connectivity index (χ1n) is 13.5. The number of ether oxygens (including phenoxy) is 1. The van der Waals surface area contributed by atoms with Gasteiger partial charge in [-0.1, -0.05) is 51.5 Å². The predicted molar refractivity (Wildman–Crippen MR) is 126 cm³/mol. The van der Waals surface area contributed by atoms with Gasteiger partial charge in [0, 0.05) is 6.61 Å². The largest absolute Gasteiger partial charge is 0.378 e. The number of allylic oxidation sites excluding steroid dienone is 1. The number of hydrogen-bond donors (Lipinski definition) is 0. The third-order valence-corrected chi connectivity index (χ3v) is 8.81. The quantitative estimate of drug-likeness (QED) is 0.248. The van der Waals surface area contributed by atoms with Gasteiger partial charge in [-0.05, 0) is 107 Å². The minimum absolute atomic E-state index is 0.584. The molecule has 0 unspecified atom stereocenters. The van der Waals surface area contributed by atoms with Crippen molar-refractivity contribution in [2.45, 2.75) is 129 Å². The number of hydrogen-bond acceptors (Lipinski definition) is 1. The molecule has 0 heterocycles. The Morgan fingerprint density at radius 3 is 1.83 bits per heavy atom. The average molecular weight is 403 g/mol. The highest BCUT2D eigenvalue weighted by molar-refractivity contribution is 4.83. The summed E-state index contributed by atoms with van der Waals surface area (Å²) in [6.07, 6.45) is 28.4. The summed E-state index contributed by atoms with van der Waals surface area (Å²) in [7, 11) is 0. The molecule has 3 saturated carbocycles. The Labute approximate surface area is 182 Å². The standard InChI is InChI=1S/C28H50O/c1-3-5-7-9-24-14-20-28(21-15-24)29-22-25-12-18-27(19-13-25)26-16-10-23(11-17-26)8-6-4-2/h4,23-28H,2-3,5-22H2,1H3.